The lowest BCUT2D eigenvalue weighted by Gasteiger charge is -2.22. The molecule has 0 spiro atoms. The summed E-state index contributed by atoms with van der Waals surface area (Å²) < 4.78 is 6.94. The standard InChI is InChI=1S/C26H32ClN5O3/c1-6-14-31(25(34)28-19-9-7-8-18(27)15-19)17-24(33)29-23-16-22(26(2,3)4)30-32(23)20-10-12-21(35-5)13-11-20/h7-13,15-16H,6,14,17H2,1-5H3,(H,28,34)(H,29,33). The van der Waals surface area contributed by atoms with E-state index in [9.17, 15) is 9.59 Å². The van der Waals surface area contributed by atoms with Gasteiger partial charge < -0.3 is 20.3 Å². The number of nitrogens with zero attached hydrogens (tertiary/aromatic N) is 3. The molecule has 0 fully saturated rings. The van der Waals surface area contributed by atoms with Crippen LogP contribution in [0.1, 0.15) is 39.8 Å². The number of methoxy groups -OCH3 is 1. The fourth-order valence-corrected chi connectivity index (χ4v) is 3.59. The molecule has 2 N–H and O–H groups in total. The molecule has 0 saturated heterocycles. The van der Waals surface area contributed by atoms with Crippen LogP contribution in [0, 0.1) is 0 Å². The maximum absolute atomic E-state index is 13.0. The summed E-state index contributed by atoms with van der Waals surface area (Å²) in [7, 11) is 1.61. The zero-order valence-corrected chi connectivity index (χ0v) is 21.5. The Balaban J connectivity index is 1.80. The third-order valence-electron chi connectivity index (χ3n) is 5.25. The monoisotopic (exact) mass is 497 g/mol. The molecule has 8 nitrogen and oxygen atoms in total. The van der Waals surface area contributed by atoms with Crippen LogP contribution in [0.2, 0.25) is 5.02 Å². The molecular formula is C26H32ClN5O3. The van der Waals surface area contributed by atoms with Crippen molar-refractivity contribution in [3.8, 4) is 11.4 Å². The van der Waals surface area contributed by atoms with Gasteiger partial charge in [-0.1, -0.05) is 45.4 Å². The number of amides is 3. The van der Waals surface area contributed by atoms with Gasteiger partial charge in [0.05, 0.1) is 18.5 Å². The number of aromatic nitrogens is 2. The number of rotatable bonds is 8. The number of ether oxygens (including phenoxy) is 1. The molecule has 0 unspecified atom stereocenters. The molecule has 3 amide bonds. The molecule has 9 heteroatoms. The van der Waals surface area contributed by atoms with Crippen molar-refractivity contribution in [2.75, 3.05) is 30.8 Å². The Morgan fingerprint density at radius 3 is 2.40 bits per heavy atom. The van der Waals surface area contributed by atoms with Crippen LogP contribution in [0.5, 0.6) is 5.75 Å². The zero-order chi connectivity index (χ0) is 25.6. The van der Waals surface area contributed by atoms with Gasteiger partial charge in [0.2, 0.25) is 5.91 Å². The molecule has 0 radical (unpaired) electrons. The Morgan fingerprint density at radius 1 is 1.09 bits per heavy atom. The fraction of sp³-hybridized carbons (Fsp3) is 0.346. The number of hydrogen-bond donors (Lipinski definition) is 2. The van der Waals surface area contributed by atoms with Crippen LogP contribution in [0.4, 0.5) is 16.3 Å². The van der Waals surface area contributed by atoms with Gasteiger partial charge in [0, 0.05) is 28.7 Å². The van der Waals surface area contributed by atoms with Gasteiger partial charge in [-0.25, -0.2) is 9.48 Å². The van der Waals surface area contributed by atoms with E-state index in [1.54, 1.807) is 36.1 Å². The highest BCUT2D eigenvalue weighted by atomic mass is 35.5. The molecule has 3 rings (SSSR count). The number of carbonyl (C=O) groups excluding carboxylic acids is 2. The number of nitrogens with one attached hydrogen (secondary N) is 2. The lowest BCUT2D eigenvalue weighted by atomic mass is 9.92. The largest absolute Gasteiger partial charge is 0.497 e. The molecule has 0 atom stereocenters. The van der Waals surface area contributed by atoms with Crippen LogP contribution in [-0.4, -0.2) is 46.8 Å². The van der Waals surface area contributed by atoms with E-state index in [2.05, 4.69) is 31.4 Å². The summed E-state index contributed by atoms with van der Waals surface area (Å²) in [5.74, 6) is 0.926. The number of hydrogen-bond acceptors (Lipinski definition) is 4. The lowest BCUT2D eigenvalue weighted by molar-refractivity contribution is -0.116. The summed E-state index contributed by atoms with van der Waals surface area (Å²) in [6.45, 7) is 8.43. The number of benzene rings is 2. The first-order valence-corrected chi connectivity index (χ1v) is 11.8. The van der Waals surface area contributed by atoms with E-state index >= 15 is 0 Å². The van der Waals surface area contributed by atoms with E-state index in [0.717, 1.165) is 17.1 Å². The van der Waals surface area contributed by atoms with Crippen LogP contribution < -0.4 is 15.4 Å². The third kappa shape index (κ3) is 6.99. The first-order chi connectivity index (χ1) is 16.6. The fourth-order valence-electron chi connectivity index (χ4n) is 3.40. The number of halogens is 1. The van der Waals surface area contributed by atoms with Crippen molar-refractivity contribution >= 4 is 35.0 Å². The second kappa shape index (κ2) is 11.3. The number of carbonyl (C=O) groups is 2. The van der Waals surface area contributed by atoms with E-state index in [0.29, 0.717) is 29.5 Å². The normalized spacial score (nSPS) is 11.1. The summed E-state index contributed by atoms with van der Waals surface area (Å²) in [5.41, 5.74) is 1.95. The predicted molar refractivity (Wildman–Crippen MR) is 140 cm³/mol. The summed E-state index contributed by atoms with van der Waals surface area (Å²) in [4.78, 5) is 27.4. The first-order valence-electron chi connectivity index (χ1n) is 11.5. The second-order valence-corrected chi connectivity index (χ2v) is 9.62. The van der Waals surface area contributed by atoms with Crippen molar-refractivity contribution in [3.05, 3.63) is 65.3 Å². The van der Waals surface area contributed by atoms with Gasteiger partial charge >= 0.3 is 6.03 Å². The third-order valence-corrected chi connectivity index (χ3v) is 5.49. The molecule has 3 aromatic rings. The average Bonchev–Trinajstić information content (AvgIpc) is 3.23. The topological polar surface area (TPSA) is 88.5 Å². The first kappa shape index (κ1) is 26.1. The minimum Gasteiger partial charge on any atom is -0.497 e. The van der Waals surface area contributed by atoms with E-state index in [1.807, 2.05) is 37.3 Å². The van der Waals surface area contributed by atoms with E-state index in [4.69, 9.17) is 21.4 Å². The summed E-state index contributed by atoms with van der Waals surface area (Å²) in [6, 6.07) is 15.8. The Kier molecular flexibility index (Phi) is 8.40. The second-order valence-electron chi connectivity index (χ2n) is 9.18. The summed E-state index contributed by atoms with van der Waals surface area (Å²) in [5, 5.41) is 11.0. The van der Waals surface area contributed by atoms with Gasteiger partial charge in [-0.3, -0.25) is 4.79 Å². The molecule has 1 aromatic heterocycles. The van der Waals surface area contributed by atoms with Gasteiger partial charge in [-0.2, -0.15) is 5.10 Å². The van der Waals surface area contributed by atoms with Gasteiger partial charge in [-0.15, -0.1) is 0 Å². The maximum Gasteiger partial charge on any atom is 0.322 e. The van der Waals surface area contributed by atoms with Crippen molar-refractivity contribution < 1.29 is 14.3 Å². The number of anilines is 2. The SMILES string of the molecule is CCCN(CC(=O)Nc1cc(C(C)(C)C)nn1-c1ccc(OC)cc1)C(=O)Nc1cccc(Cl)c1. The van der Waals surface area contributed by atoms with Crippen molar-refractivity contribution in [1.82, 2.24) is 14.7 Å². The smallest absolute Gasteiger partial charge is 0.322 e. The maximum atomic E-state index is 13.0. The Hall–Kier alpha value is -3.52. The highest BCUT2D eigenvalue weighted by Crippen LogP contribution is 2.27. The van der Waals surface area contributed by atoms with Crippen LogP contribution in [0.3, 0.4) is 0 Å². The Bertz CT molecular complexity index is 1170. The molecule has 0 saturated carbocycles. The molecule has 186 valence electrons. The Labute approximate surface area is 211 Å². The van der Waals surface area contributed by atoms with Gasteiger partial charge in [-0.05, 0) is 48.9 Å². The van der Waals surface area contributed by atoms with Gasteiger partial charge in [0.25, 0.3) is 0 Å². The quantitative estimate of drug-likeness (QED) is 0.417. The summed E-state index contributed by atoms with van der Waals surface area (Å²) >= 11 is 6.02. The van der Waals surface area contributed by atoms with Crippen molar-refractivity contribution in [1.29, 1.82) is 0 Å². The molecule has 0 aliphatic rings. The Morgan fingerprint density at radius 2 is 1.80 bits per heavy atom. The van der Waals surface area contributed by atoms with Crippen molar-refractivity contribution in [2.45, 2.75) is 39.5 Å². The molecular weight excluding hydrogens is 466 g/mol. The van der Waals surface area contributed by atoms with Crippen molar-refractivity contribution in [2.24, 2.45) is 0 Å². The molecule has 2 aromatic carbocycles. The van der Waals surface area contributed by atoms with Crippen molar-refractivity contribution in [3.63, 3.8) is 0 Å². The van der Waals surface area contributed by atoms with Crippen LogP contribution in [0.25, 0.3) is 5.69 Å². The lowest BCUT2D eigenvalue weighted by Crippen LogP contribution is -2.41. The molecule has 35 heavy (non-hydrogen) atoms. The average molecular weight is 498 g/mol. The minimum absolute atomic E-state index is 0.112. The van der Waals surface area contributed by atoms with Gasteiger partial charge in [0.15, 0.2) is 0 Å². The molecule has 1 heterocycles. The predicted octanol–water partition coefficient (Wildman–Crippen LogP) is 5.71. The van der Waals surface area contributed by atoms with E-state index < -0.39 is 0 Å². The van der Waals surface area contributed by atoms with E-state index in [-0.39, 0.29) is 23.9 Å². The molecule has 0 aliphatic heterocycles. The van der Waals surface area contributed by atoms with Crippen LogP contribution in [-0.2, 0) is 10.2 Å². The van der Waals surface area contributed by atoms with Crippen LogP contribution >= 0.6 is 11.6 Å². The minimum atomic E-state index is -0.372. The summed E-state index contributed by atoms with van der Waals surface area (Å²) in [6.07, 6.45) is 0.703. The van der Waals surface area contributed by atoms with Crippen LogP contribution in [0.15, 0.2) is 54.6 Å². The zero-order valence-electron chi connectivity index (χ0n) is 20.8. The molecule has 0 aliphatic carbocycles. The van der Waals surface area contributed by atoms with Gasteiger partial charge in [0.1, 0.15) is 18.1 Å². The number of urea groups is 1. The highest BCUT2D eigenvalue weighted by Gasteiger charge is 2.23. The van der Waals surface area contributed by atoms with E-state index in [1.165, 1.54) is 4.90 Å². The highest BCUT2D eigenvalue weighted by molar-refractivity contribution is 6.30. The molecule has 0 bridgehead atoms.